The molecule has 32 heavy (non-hydrogen) atoms. The van der Waals surface area contributed by atoms with Gasteiger partial charge in [0.1, 0.15) is 23.1 Å². The first-order chi connectivity index (χ1) is 15.3. The number of amides is 1. The fourth-order valence-electron chi connectivity index (χ4n) is 4.22. The van der Waals surface area contributed by atoms with Crippen molar-refractivity contribution in [2.24, 2.45) is 4.99 Å². The second-order valence-corrected chi connectivity index (χ2v) is 9.67. The molecule has 0 spiro atoms. The lowest BCUT2D eigenvalue weighted by atomic mass is 9.91. The number of sulfonamides is 1. The maximum Gasteiger partial charge on any atom is 0.266 e. The number of anilines is 1. The Bertz CT molecular complexity index is 1180. The molecular formula is C22H24F2N4O3S. The number of benzene rings is 2. The molecule has 2 aromatic carbocycles. The summed E-state index contributed by atoms with van der Waals surface area (Å²) in [5, 5.41) is 5.67. The van der Waals surface area contributed by atoms with E-state index in [9.17, 15) is 22.0 Å². The lowest BCUT2D eigenvalue weighted by molar-refractivity contribution is -0.120. The third-order valence-corrected chi connectivity index (χ3v) is 7.21. The van der Waals surface area contributed by atoms with Crippen molar-refractivity contribution in [3.63, 3.8) is 0 Å². The van der Waals surface area contributed by atoms with Crippen LogP contribution in [0.3, 0.4) is 0 Å². The quantitative estimate of drug-likeness (QED) is 0.635. The molecule has 0 unspecified atom stereocenters. The van der Waals surface area contributed by atoms with Gasteiger partial charge in [-0.3, -0.25) is 4.79 Å². The van der Waals surface area contributed by atoms with Crippen LogP contribution in [0.4, 0.5) is 14.5 Å². The molecule has 1 heterocycles. The molecule has 0 saturated heterocycles. The number of guanidine groups is 1. The Morgan fingerprint density at radius 3 is 2.59 bits per heavy atom. The van der Waals surface area contributed by atoms with E-state index in [1.165, 1.54) is 18.2 Å². The molecule has 7 nitrogen and oxygen atoms in total. The molecule has 3 N–H and O–H groups in total. The average molecular weight is 463 g/mol. The summed E-state index contributed by atoms with van der Waals surface area (Å²) in [6.07, 6.45) is 3.95. The zero-order valence-corrected chi connectivity index (χ0v) is 18.3. The van der Waals surface area contributed by atoms with E-state index in [2.05, 4.69) is 20.3 Å². The Morgan fingerprint density at radius 2 is 1.88 bits per heavy atom. The summed E-state index contributed by atoms with van der Waals surface area (Å²) in [7, 11) is -4.06. The summed E-state index contributed by atoms with van der Waals surface area (Å²) in [5.41, 5.74) is 0.210. The van der Waals surface area contributed by atoms with Gasteiger partial charge in [-0.05, 0) is 36.6 Å². The number of halogens is 2. The number of carbonyl (C=O) groups is 1. The highest BCUT2D eigenvalue weighted by Crippen LogP contribution is 2.38. The summed E-state index contributed by atoms with van der Waals surface area (Å²) >= 11 is 0. The summed E-state index contributed by atoms with van der Waals surface area (Å²) < 4.78 is 57.0. The van der Waals surface area contributed by atoms with E-state index < -0.39 is 27.6 Å². The van der Waals surface area contributed by atoms with Crippen LogP contribution < -0.4 is 15.4 Å². The Kier molecular flexibility index (Phi) is 6.14. The zero-order valence-electron chi connectivity index (χ0n) is 17.5. The standard InChI is InChI=1S/C22H24F2N4O3S/c1-13(15-8-4-5-9-16(15)23)20-17(24)10-11-18-21(20)27-22(28-32(18,30)31)25-12-19(29)26-14-6-2-3-7-14/h4-5,8-11,13-14H,2-3,6-7,12H2,1H3,(H,26,29)(H2,25,27,28)/t13-/m0/s1. The smallest absolute Gasteiger partial charge is 0.266 e. The van der Waals surface area contributed by atoms with Gasteiger partial charge >= 0.3 is 0 Å². The minimum atomic E-state index is -4.06. The third kappa shape index (κ3) is 4.45. The number of rotatable bonds is 5. The molecule has 0 aromatic heterocycles. The predicted octanol–water partition coefficient (Wildman–Crippen LogP) is 3.24. The highest BCUT2D eigenvalue weighted by molar-refractivity contribution is 7.90. The van der Waals surface area contributed by atoms with Crippen molar-refractivity contribution in [1.82, 2.24) is 10.0 Å². The predicted molar refractivity (Wildman–Crippen MR) is 117 cm³/mol. The van der Waals surface area contributed by atoms with E-state index in [0.717, 1.165) is 37.8 Å². The van der Waals surface area contributed by atoms with E-state index in [0.29, 0.717) is 0 Å². The number of nitrogens with zero attached hydrogens (tertiary/aromatic N) is 1. The van der Waals surface area contributed by atoms with Crippen molar-refractivity contribution < 1.29 is 22.0 Å². The van der Waals surface area contributed by atoms with Gasteiger partial charge in [0.2, 0.25) is 11.9 Å². The van der Waals surface area contributed by atoms with Crippen molar-refractivity contribution in [3.05, 3.63) is 59.2 Å². The van der Waals surface area contributed by atoms with Gasteiger partial charge in [0.25, 0.3) is 10.0 Å². The van der Waals surface area contributed by atoms with Gasteiger partial charge in [-0.25, -0.2) is 26.9 Å². The molecule has 1 fully saturated rings. The summed E-state index contributed by atoms with van der Waals surface area (Å²) in [6, 6.07) is 8.24. The monoisotopic (exact) mass is 462 g/mol. The summed E-state index contributed by atoms with van der Waals surface area (Å²) in [6.45, 7) is 1.31. The van der Waals surface area contributed by atoms with E-state index in [-0.39, 0.29) is 46.2 Å². The summed E-state index contributed by atoms with van der Waals surface area (Å²) in [5.74, 6) is -2.49. The van der Waals surface area contributed by atoms with Crippen molar-refractivity contribution in [2.75, 3.05) is 11.9 Å². The molecule has 0 radical (unpaired) electrons. The highest BCUT2D eigenvalue weighted by atomic mass is 32.2. The fourth-order valence-corrected chi connectivity index (χ4v) is 5.38. The van der Waals surface area contributed by atoms with E-state index in [1.54, 1.807) is 13.0 Å². The lowest BCUT2D eigenvalue weighted by Crippen LogP contribution is -2.42. The Labute approximate surface area is 185 Å². The number of carbonyl (C=O) groups excluding carboxylic acids is 1. The number of hydrogen-bond donors (Lipinski definition) is 3. The van der Waals surface area contributed by atoms with Crippen LogP contribution in [0.25, 0.3) is 0 Å². The van der Waals surface area contributed by atoms with Gasteiger partial charge in [-0.15, -0.1) is 0 Å². The molecule has 1 saturated carbocycles. The Morgan fingerprint density at radius 1 is 1.16 bits per heavy atom. The first-order valence-corrected chi connectivity index (χ1v) is 11.9. The van der Waals surface area contributed by atoms with Crippen LogP contribution in [0.1, 0.15) is 49.7 Å². The third-order valence-electron chi connectivity index (χ3n) is 5.82. The summed E-state index contributed by atoms with van der Waals surface area (Å²) in [4.78, 5) is 16.0. The van der Waals surface area contributed by atoms with Gasteiger partial charge in [-0.1, -0.05) is 38.0 Å². The molecular weight excluding hydrogens is 438 g/mol. The molecule has 0 bridgehead atoms. The van der Waals surface area contributed by atoms with Gasteiger partial charge < -0.3 is 10.6 Å². The molecule has 170 valence electrons. The van der Waals surface area contributed by atoms with Crippen molar-refractivity contribution in [2.45, 2.75) is 49.5 Å². The second-order valence-electron chi connectivity index (χ2n) is 8.02. The Balaban J connectivity index is 1.65. The lowest BCUT2D eigenvalue weighted by Gasteiger charge is -2.26. The van der Waals surface area contributed by atoms with Gasteiger partial charge in [0.15, 0.2) is 0 Å². The molecule has 2 aromatic rings. The highest BCUT2D eigenvalue weighted by Gasteiger charge is 2.32. The van der Waals surface area contributed by atoms with E-state index in [4.69, 9.17) is 0 Å². The molecule has 1 atom stereocenters. The van der Waals surface area contributed by atoms with Gasteiger partial charge in [0.05, 0.1) is 5.69 Å². The van der Waals surface area contributed by atoms with Crippen LogP contribution in [-0.4, -0.2) is 32.9 Å². The molecule has 4 rings (SSSR count). The van der Waals surface area contributed by atoms with Crippen LogP contribution in [0.2, 0.25) is 0 Å². The van der Waals surface area contributed by atoms with Crippen LogP contribution >= 0.6 is 0 Å². The SMILES string of the molecule is C[C@@H](c1ccccc1F)c1c(F)ccc2c1NC(=NCC(=O)NC1CCCC1)NS2(=O)=O. The normalized spacial score (nSPS) is 19.7. The molecule has 1 amide bonds. The van der Waals surface area contributed by atoms with Crippen LogP contribution in [-0.2, 0) is 14.8 Å². The van der Waals surface area contributed by atoms with Crippen LogP contribution in [0.5, 0.6) is 0 Å². The van der Waals surface area contributed by atoms with Crippen molar-refractivity contribution in [1.29, 1.82) is 0 Å². The first-order valence-electron chi connectivity index (χ1n) is 10.5. The van der Waals surface area contributed by atoms with Gasteiger partial charge in [-0.2, -0.15) is 0 Å². The zero-order chi connectivity index (χ0) is 22.9. The molecule has 1 aliphatic heterocycles. The first kappa shape index (κ1) is 22.2. The number of fused-ring (bicyclic) bond motifs is 1. The number of nitrogens with one attached hydrogen (secondary N) is 3. The van der Waals surface area contributed by atoms with E-state index in [1.807, 2.05) is 0 Å². The topological polar surface area (TPSA) is 99.7 Å². The maximum atomic E-state index is 14.9. The van der Waals surface area contributed by atoms with Crippen molar-refractivity contribution in [3.8, 4) is 0 Å². The molecule has 10 heteroatoms. The van der Waals surface area contributed by atoms with Crippen molar-refractivity contribution >= 4 is 27.6 Å². The second kappa shape index (κ2) is 8.85. The Hall–Kier alpha value is -3.01. The number of aliphatic imine (C=N–C) groups is 1. The minimum absolute atomic E-state index is 0.000724. The molecule has 2 aliphatic rings. The average Bonchev–Trinajstić information content (AvgIpc) is 3.24. The maximum absolute atomic E-state index is 14.9. The van der Waals surface area contributed by atoms with Gasteiger partial charge in [0, 0.05) is 17.5 Å². The number of hydrogen-bond acceptors (Lipinski definition) is 4. The fraction of sp³-hybridized carbons (Fsp3) is 0.364. The molecule has 1 aliphatic carbocycles. The largest absolute Gasteiger partial charge is 0.352 e. The minimum Gasteiger partial charge on any atom is -0.352 e. The van der Waals surface area contributed by atoms with Crippen LogP contribution in [0.15, 0.2) is 46.3 Å². The van der Waals surface area contributed by atoms with E-state index >= 15 is 0 Å². The van der Waals surface area contributed by atoms with Crippen LogP contribution in [0, 0.1) is 11.6 Å².